The predicted octanol–water partition coefficient (Wildman–Crippen LogP) is 5.54. The number of ether oxygens (including phenoxy) is 7. The lowest BCUT2D eigenvalue weighted by Crippen LogP contribution is -2.66. The number of halogens is 4. The number of quaternary nitrogens is 1. The van der Waals surface area contributed by atoms with Gasteiger partial charge >= 0.3 is 5.97 Å². The Morgan fingerprint density at radius 1 is 0.653 bits per heavy atom. The van der Waals surface area contributed by atoms with Gasteiger partial charge in [0.05, 0.1) is 65.9 Å². The lowest BCUT2D eigenvalue weighted by atomic mass is 9.84. The van der Waals surface area contributed by atoms with Gasteiger partial charge < -0.3 is 132 Å². The molecule has 0 aromatic heterocycles. The minimum atomic E-state index is -2.35. The van der Waals surface area contributed by atoms with Crippen molar-refractivity contribution in [2.75, 3.05) is 34.7 Å². The Balaban J connectivity index is 1.03. The van der Waals surface area contributed by atoms with Crippen molar-refractivity contribution in [2.45, 2.75) is 169 Å². The number of amides is 7. The van der Waals surface area contributed by atoms with Crippen LogP contribution in [0.5, 0.6) is 51.7 Å². The van der Waals surface area contributed by atoms with Gasteiger partial charge in [-0.3, -0.25) is 33.6 Å². The molecule has 0 spiro atoms. The number of phenolic OH excluding ortho intramolecular Hbond substituents is 3. The molecule has 0 saturated carbocycles. The second-order valence-electron chi connectivity index (χ2n) is 32.0. The Labute approximate surface area is 713 Å². The third kappa shape index (κ3) is 20.5. The number of nitrogens with one attached hydrogen (secondary N) is 8. The molecule has 19 N–H and O–H groups in total. The maximum Gasteiger partial charge on any atom is 0.330 e. The monoisotopic (exact) mass is 1750 g/mol. The van der Waals surface area contributed by atoms with Gasteiger partial charge in [-0.2, -0.15) is 0 Å². The van der Waals surface area contributed by atoms with Crippen molar-refractivity contribution < 1.29 is 122 Å². The van der Waals surface area contributed by atoms with Gasteiger partial charge in [0, 0.05) is 41.3 Å². The number of nitrogens with zero attached hydrogens (tertiary/aromatic N) is 1. The van der Waals surface area contributed by atoms with Crippen LogP contribution in [0, 0.1) is 5.92 Å². The van der Waals surface area contributed by atoms with Gasteiger partial charge in [0.2, 0.25) is 53.4 Å². The Hall–Kier alpha value is -10.4. The molecule has 7 aliphatic rings. The molecule has 7 amide bonds. The molecular formula is C83H93Cl4N10O24+. The summed E-state index contributed by atoms with van der Waals surface area (Å²) in [6.45, 7) is 7.32. The van der Waals surface area contributed by atoms with E-state index in [1.165, 1.54) is 31.3 Å². The summed E-state index contributed by atoms with van der Waals surface area (Å²) in [5, 5.41) is 128. The van der Waals surface area contributed by atoms with E-state index in [4.69, 9.17) is 85.3 Å². The fraction of sp³-hybridized carbons (Fsp3) is 0.398. The van der Waals surface area contributed by atoms with Crippen LogP contribution in [0.2, 0.25) is 20.1 Å². The van der Waals surface area contributed by atoms with E-state index in [0.717, 1.165) is 65.7 Å². The number of aliphatic hydroxyl groups excluding tert-OH is 5. The molecule has 0 radical (unpaired) electrons. The first-order valence-corrected chi connectivity index (χ1v) is 39.9. The van der Waals surface area contributed by atoms with E-state index >= 15 is 24.0 Å². The van der Waals surface area contributed by atoms with Crippen LogP contribution in [0.15, 0.2) is 121 Å². The van der Waals surface area contributed by atoms with E-state index in [0.29, 0.717) is 15.8 Å². The number of aliphatic carboxylic acids is 1. The van der Waals surface area contributed by atoms with Crippen LogP contribution in [-0.4, -0.2) is 211 Å². The molecule has 646 valence electrons. The Kier molecular flexibility index (Phi) is 27.6. The minimum Gasteiger partial charge on any atom is -0.508 e. The topological polar surface area (TPSA) is 506 Å². The number of likely N-dealkylation sites (N-methyl/N-ethyl adjacent to an activating group) is 2. The first-order chi connectivity index (χ1) is 57.1. The molecule has 14 rings (SSSR count). The summed E-state index contributed by atoms with van der Waals surface area (Å²) in [4.78, 5) is 119. The summed E-state index contributed by atoms with van der Waals surface area (Å²) in [6.07, 6.45) is -17.8. The zero-order chi connectivity index (χ0) is 87.7. The highest BCUT2D eigenvalue weighted by molar-refractivity contribution is 6.42. The van der Waals surface area contributed by atoms with E-state index in [2.05, 4.69) is 42.5 Å². The second kappa shape index (κ2) is 37.1. The highest BCUT2D eigenvalue weighted by Gasteiger charge is 2.53. The summed E-state index contributed by atoms with van der Waals surface area (Å²) in [5.41, 5.74) is 3.36. The van der Waals surface area contributed by atoms with Crippen molar-refractivity contribution in [3.05, 3.63) is 180 Å². The Morgan fingerprint density at radius 3 is 1.88 bits per heavy atom. The summed E-state index contributed by atoms with van der Waals surface area (Å²) in [7, 11) is 6.81. The van der Waals surface area contributed by atoms with Crippen molar-refractivity contribution in [3.63, 3.8) is 0 Å². The van der Waals surface area contributed by atoms with Crippen molar-refractivity contribution >= 4 is 93.7 Å². The number of fused-ring (bicyclic) bond motifs is 15. The van der Waals surface area contributed by atoms with E-state index in [-0.39, 0.29) is 76.2 Å². The molecule has 0 aliphatic carbocycles. The fourth-order valence-electron chi connectivity index (χ4n) is 15.0. The number of carboxylic acids is 1. The lowest BCUT2D eigenvalue weighted by Gasteiger charge is -2.49. The average molecular weight is 1760 g/mol. The predicted molar refractivity (Wildman–Crippen MR) is 435 cm³/mol. The highest BCUT2D eigenvalue weighted by Crippen LogP contribution is 2.50. The number of phenols is 3. The first-order valence-electron chi connectivity index (χ1n) is 38.4. The number of aromatic hydroxyl groups is 3. The Morgan fingerprint density at radius 2 is 1.27 bits per heavy atom. The van der Waals surface area contributed by atoms with E-state index < -0.39 is 225 Å². The largest absolute Gasteiger partial charge is 0.508 e. The van der Waals surface area contributed by atoms with Gasteiger partial charge in [-0.25, -0.2) is 4.79 Å². The maximum absolute atomic E-state index is 16.3. The highest BCUT2D eigenvalue weighted by atomic mass is 35.5. The normalized spacial score (nSPS) is 26.6. The van der Waals surface area contributed by atoms with E-state index in [1.807, 2.05) is 26.0 Å². The van der Waals surface area contributed by atoms with Gasteiger partial charge in [-0.1, -0.05) is 96.6 Å². The molecule has 11 bridgehead atoms. The smallest absolute Gasteiger partial charge is 0.330 e. The lowest BCUT2D eigenvalue weighted by molar-refractivity contribution is -0.874. The molecule has 34 nitrogen and oxygen atoms in total. The number of primary amides is 1. The van der Waals surface area contributed by atoms with Gasteiger partial charge in [0.15, 0.2) is 29.9 Å². The number of carbonyl (C=O) groups excluding carboxylic acids is 7. The van der Waals surface area contributed by atoms with Crippen LogP contribution in [0.1, 0.15) is 116 Å². The quantitative estimate of drug-likeness (QED) is 0.0417. The van der Waals surface area contributed by atoms with Crippen LogP contribution >= 0.6 is 46.4 Å². The standard InChI is InChI=1S/C83H92Cl4N10O24/c1-35(2)21-51(89-5)75(107)95-66-68(102)40-13-19-55(49(86)24-40)117-57-26-42-27-58(72(57)121-82-73(71(105)70(104)59(119-82)33-97(6,7)8)120-61-31-83(4,74(106)36(3)116-61)90-32-37-9-15-44(16-10-37)115-34-38-11-17-47(84)48(85)22-38)118-56-20-14-41(25-50(56)87)69(103)67-80(112)94-65(81(113)114)46-28-43(98)29-54(100)62(46)45-23-39(12-18-53(45)99)63(77(109)96-67)93-78(110)64(42)92-76(108)52(30-60(88)101)91-79(66)111/h9-20,22-29,35-36,51-52,59,61,63-71,73-74,82,89-90,102-106H,21,30-34H2,1-8H3,(H11-,88,91,92,93,94,95,96,98,99,100,101,107,108,109,110,111,112,113,114)/p+1/t36?,51-,52+,59?,61?,63-,64-,65+,66-,67+,68-,69-,70?,71?,73?,74?,82?,83?/m1/s1. The number of hydrogen-bond donors (Lipinski definition) is 18. The van der Waals surface area contributed by atoms with Crippen LogP contribution in [0.25, 0.3) is 11.1 Å². The van der Waals surface area contributed by atoms with Crippen molar-refractivity contribution in [1.29, 1.82) is 0 Å². The fourth-order valence-corrected chi connectivity index (χ4v) is 15.8. The van der Waals surface area contributed by atoms with Gasteiger partial charge in [-0.05, 0) is 145 Å². The zero-order valence-corrected chi connectivity index (χ0v) is 69.4. The summed E-state index contributed by atoms with van der Waals surface area (Å²) >= 11 is 26.8. The molecule has 18 atom stereocenters. The average Bonchev–Trinajstić information content (AvgIpc) is 0.763. The molecule has 121 heavy (non-hydrogen) atoms. The number of aliphatic hydroxyl groups is 5. The molecule has 38 heteroatoms. The number of rotatable bonds is 20. The van der Waals surface area contributed by atoms with Gasteiger partial charge in [-0.15, -0.1) is 0 Å². The summed E-state index contributed by atoms with van der Waals surface area (Å²) < 4.78 is 46.7. The Bertz CT molecular complexity index is 5120. The number of hydrogen-bond acceptors (Lipinski definition) is 25. The minimum absolute atomic E-state index is 0.0345. The zero-order valence-electron chi connectivity index (χ0n) is 66.4. The third-order valence-corrected chi connectivity index (χ3v) is 22.6. The molecule has 7 heterocycles. The molecular weight excluding hydrogens is 1660 g/mol. The van der Waals surface area contributed by atoms with Crippen molar-refractivity contribution in [1.82, 2.24) is 42.5 Å². The van der Waals surface area contributed by atoms with Crippen LogP contribution in [-0.2, 0) is 65.7 Å². The first kappa shape index (κ1) is 89.9. The van der Waals surface area contributed by atoms with Gasteiger partial charge in [0.25, 0.3) is 0 Å². The van der Waals surface area contributed by atoms with Crippen molar-refractivity contribution in [3.8, 4) is 62.9 Å². The van der Waals surface area contributed by atoms with Crippen LogP contribution < -0.4 is 67.2 Å². The molecule has 7 aliphatic heterocycles. The maximum atomic E-state index is 16.3. The number of benzene rings is 7. The molecule has 2 saturated heterocycles. The number of nitrogens with two attached hydrogens (primary N) is 1. The van der Waals surface area contributed by atoms with Gasteiger partial charge in [0.1, 0.15) is 108 Å². The van der Waals surface area contributed by atoms with Crippen LogP contribution in [0.3, 0.4) is 0 Å². The van der Waals surface area contributed by atoms with Crippen LogP contribution in [0.4, 0.5) is 0 Å². The van der Waals surface area contributed by atoms with E-state index in [1.54, 1.807) is 65.3 Å². The number of carbonyl (C=O) groups is 8. The SMILES string of the molecule is CN[C@H](CC(C)C)C(=O)N[C@H]1C(=O)N[C@@H](CC(N)=O)C(=O)N[C@H]2C(=O)N[C@H]3C(=O)N[C@H](C(=O)N[C@H](C(=O)O)c4cc(O)cc(O)c4-c4cc3ccc4O)[C@H](O)c3ccc(c(Cl)c3)Oc3cc2cc(c3OC2OC(C[N+](C)(C)C)C(O)C(O)C2OC2CC(C)(NCc3ccc(OCc4ccc(Cl)c(Cl)c4)cc3)C(O)C(C)O2)Oc2ccc(cc2Cl)[C@H]1O. The summed E-state index contributed by atoms with van der Waals surface area (Å²) in [5.74, 6) is -15.2. The second-order valence-corrected chi connectivity index (χ2v) is 33.6. The molecule has 7 aromatic rings. The summed E-state index contributed by atoms with van der Waals surface area (Å²) in [6, 6.07) is 12.1. The number of carboxylic acid groups (broad SMARTS) is 1. The van der Waals surface area contributed by atoms with E-state index in [9.17, 15) is 60.3 Å². The van der Waals surface area contributed by atoms with Crippen molar-refractivity contribution in [2.24, 2.45) is 11.7 Å². The molecule has 2 fully saturated rings. The molecule has 9 unspecified atom stereocenters. The molecule has 7 aromatic carbocycles. The third-order valence-electron chi connectivity index (χ3n) is 21.3.